The molecule has 0 heterocycles. The number of rotatable bonds is 5. The molecule has 0 spiro atoms. The summed E-state index contributed by atoms with van der Waals surface area (Å²) in [5.41, 5.74) is 2.63. The third-order valence-electron chi connectivity index (χ3n) is 4.60. The van der Waals surface area contributed by atoms with Crippen LogP contribution in [0.25, 0.3) is 0 Å². The smallest absolute Gasteiger partial charge is 0.337 e. The molecule has 4 nitrogen and oxygen atoms in total. The van der Waals surface area contributed by atoms with Crippen LogP contribution in [0.5, 0.6) is 0 Å². The van der Waals surface area contributed by atoms with Crippen LogP contribution >= 0.6 is 15.9 Å². The lowest BCUT2D eigenvalue weighted by molar-refractivity contribution is -0.119. The molecule has 3 aromatic rings. The van der Waals surface area contributed by atoms with Crippen molar-refractivity contribution in [2.24, 2.45) is 0 Å². The standard InChI is InChI=1S/C23H20BrNO3/c1-25(20-15-9-10-17(16-20)21(26)28-2)22(27)23(24,18-11-5-3-6-12-18)19-13-7-4-8-14-19/h3-16H,1-2H3. The molecule has 142 valence electrons. The normalized spacial score (nSPS) is 11.0. The molecule has 3 rings (SSSR count). The Labute approximate surface area is 172 Å². The van der Waals surface area contributed by atoms with E-state index in [1.54, 1.807) is 36.2 Å². The van der Waals surface area contributed by atoms with Gasteiger partial charge in [-0.05, 0) is 29.3 Å². The minimum Gasteiger partial charge on any atom is -0.465 e. The fraction of sp³-hybridized carbons (Fsp3) is 0.130. The number of carbonyl (C=O) groups excluding carboxylic acids is 2. The number of nitrogens with zero attached hydrogens (tertiary/aromatic N) is 1. The van der Waals surface area contributed by atoms with Gasteiger partial charge in [-0.2, -0.15) is 0 Å². The third kappa shape index (κ3) is 3.71. The Morgan fingerprint density at radius 1 is 0.857 bits per heavy atom. The number of amides is 1. The van der Waals surface area contributed by atoms with Crippen molar-refractivity contribution in [2.45, 2.75) is 4.32 Å². The number of likely N-dealkylation sites (N-methyl/N-ethyl adjacent to an activating group) is 1. The van der Waals surface area contributed by atoms with E-state index in [0.29, 0.717) is 11.3 Å². The Morgan fingerprint density at radius 2 is 1.39 bits per heavy atom. The lowest BCUT2D eigenvalue weighted by Crippen LogP contribution is -2.42. The minimum atomic E-state index is -1.06. The van der Waals surface area contributed by atoms with Gasteiger partial charge in [0.1, 0.15) is 0 Å². The molecule has 0 unspecified atom stereocenters. The van der Waals surface area contributed by atoms with Crippen molar-refractivity contribution in [1.29, 1.82) is 0 Å². The number of anilines is 1. The molecule has 3 aromatic carbocycles. The van der Waals surface area contributed by atoms with E-state index in [-0.39, 0.29) is 5.91 Å². The van der Waals surface area contributed by atoms with Gasteiger partial charge in [-0.3, -0.25) is 4.79 Å². The summed E-state index contributed by atoms with van der Waals surface area (Å²) in [6.45, 7) is 0. The van der Waals surface area contributed by atoms with Crippen LogP contribution in [0.1, 0.15) is 21.5 Å². The van der Waals surface area contributed by atoms with Crippen LogP contribution in [0, 0.1) is 0 Å². The maximum Gasteiger partial charge on any atom is 0.337 e. The van der Waals surface area contributed by atoms with Crippen LogP contribution in [0.15, 0.2) is 84.9 Å². The third-order valence-corrected chi connectivity index (χ3v) is 5.85. The molecule has 5 heteroatoms. The Hall–Kier alpha value is -2.92. The number of alkyl halides is 1. The molecular weight excluding hydrogens is 418 g/mol. The second kappa shape index (κ2) is 8.40. The van der Waals surface area contributed by atoms with Crippen LogP contribution in [-0.2, 0) is 13.9 Å². The number of benzene rings is 3. The molecule has 0 aliphatic heterocycles. The molecular formula is C23H20BrNO3. The fourth-order valence-electron chi connectivity index (χ4n) is 3.06. The molecule has 0 saturated heterocycles. The van der Waals surface area contributed by atoms with Gasteiger partial charge in [-0.25, -0.2) is 4.79 Å². The average molecular weight is 438 g/mol. The molecule has 0 radical (unpaired) electrons. The van der Waals surface area contributed by atoms with Crippen molar-refractivity contribution in [3.05, 3.63) is 102 Å². The highest BCUT2D eigenvalue weighted by Crippen LogP contribution is 2.41. The van der Waals surface area contributed by atoms with E-state index < -0.39 is 10.3 Å². The summed E-state index contributed by atoms with van der Waals surface area (Å²) >= 11 is 3.74. The molecule has 1 amide bonds. The predicted molar refractivity (Wildman–Crippen MR) is 114 cm³/mol. The van der Waals surface area contributed by atoms with Gasteiger partial charge in [0, 0.05) is 12.7 Å². The number of esters is 1. The molecule has 0 fully saturated rings. The molecule has 0 aromatic heterocycles. The average Bonchev–Trinajstić information content (AvgIpc) is 2.78. The van der Waals surface area contributed by atoms with E-state index in [9.17, 15) is 9.59 Å². The quantitative estimate of drug-likeness (QED) is 0.426. The van der Waals surface area contributed by atoms with Crippen LogP contribution in [0.4, 0.5) is 5.69 Å². The van der Waals surface area contributed by atoms with Gasteiger partial charge in [-0.15, -0.1) is 0 Å². The summed E-state index contributed by atoms with van der Waals surface area (Å²) in [5, 5.41) is 0. The van der Waals surface area contributed by atoms with Crippen molar-refractivity contribution < 1.29 is 14.3 Å². The van der Waals surface area contributed by atoms with E-state index in [1.807, 2.05) is 60.7 Å². The summed E-state index contributed by atoms with van der Waals surface area (Å²) in [5.74, 6) is -0.620. The molecule has 0 saturated carbocycles. The van der Waals surface area contributed by atoms with Crippen LogP contribution in [0.3, 0.4) is 0 Å². The van der Waals surface area contributed by atoms with E-state index in [4.69, 9.17) is 4.74 Å². The molecule has 0 atom stereocenters. The van der Waals surface area contributed by atoms with Gasteiger partial charge < -0.3 is 9.64 Å². The lowest BCUT2D eigenvalue weighted by atomic mass is 9.89. The first kappa shape index (κ1) is 19.8. The van der Waals surface area contributed by atoms with Crippen LogP contribution < -0.4 is 4.90 Å². The van der Waals surface area contributed by atoms with Gasteiger partial charge in [0.15, 0.2) is 4.32 Å². The Balaban J connectivity index is 2.07. The molecule has 0 aliphatic carbocycles. The van der Waals surface area contributed by atoms with Gasteiger partial charge >= 0.3 is 5.97 Å². The molecule has 0 N–H and O–H groups in total. The molecule has 0 bridgehead atoms. The van der Waals surface area contributed by atoms with Gasteiger partial charge in [0.25, 0.3) is 5.91 Å². The second-order valence-corrected chi connectivity index (χ2v) is 7.49. The fourth-order valence-corrected chi connectivity index (χ4v) is 3.85. The highest BCUT2D eigenvalue weighted by molar-refractivity contribution is 9.10. The Kier molecular flexibility index (Phi) is 5.95. The second-order valence-electron chi connectivity index (χ2n) is 6.30. The summed E-state index contributed by atoms with van der Waals surface area (Å²) < 4.78 is 3.72. The molecule has 0 aliphatic rings. The van der Waals surface area contributed by atoms with Gasteiger partial charge in [0.05, 0.1) is 12.7 Å². The first-order valence-electron chi connectivity index (χ1n) is 8.75. The van der Waals surface area contributed by atoms with E-state index in [2.05, 4.69) is 15.9 Å². The van der Waals surface area contributed by atoms with Crippen molar-refractivity contribution in [3.63, 3.8) is 0 Å². The zero-order valence-electron chi connectivity index (χ0n) is 15.6. The zero-order valence-corrected chi connectivity index (χ0v) is 17.2. The number of hydrogen-bond acceptors (Lipinski definition) is 3. The lowest BCUT2D eigenvalue weighted by Gasteiger charge is -2.32. The summed E-state index contributed by atoms with van der Waals surface area (Å²) in [6, 6.07) is 25.9. The Bertz CT molecular complexity index is 934. The van der Waals surface area contributed by atoms with E-state index in [0.717, 1.165) is 11.1 Å². The minimum absolute atomic E-state index is 0.174. The van der Waals surface area contributed by atoms with E-state index in [1.165, 1.54) is 7.11 Å². The number of methoxy groups -OCH3 is 1. The van der Waals surface area contributed by atoms with E-state index >= 15 is 0 Å². The van der Waals surface area contributed by atoms with Gasteiger partial charge in [0.2, 0.25) is 0 Å². The monoisotopic (exact) mass is 437 g/mol. The maximum atomic E-state index is 13.7. The number of ether oxygens (including phenoxy) is 1. The van der Waals surface area contributed by atoms with Crippen molar-refractivity contribution in [2.75, 3.05) is 19.1 Å². The van der Waals surface area contributed by atoms with Gasteiger partial charge in [-0.1, -0.05) is 82.7 Å². The topological polar surface area (TPSA) is 46.6 Å². The highest BCUT2D eigenvalue weighted by Gasteiger charge is 2.41. The number of halogens is 1. The van der Waals surface area contributed by atoms with Crippen LogP contribution in [-0.4, -0.2) is 26.0 Å². The largest absolute Gasteiger partial charge is 0.465 e. The number of hydrogen-bond donors (Lipinski definition) is 0. The summed E-state index contributed by atoms with van der Waals surface area (Å²) in [4.78, 5) is 27.1. The van der Waals surface area contributed by atoms with Crippen molar-refractivity contribution >= 4 is 33.5 Å². The number of carbonyl (C=O) groups is 2. The Morgan fingerprint density at radius 3 is 1.89 bits per heavy atom. The zero-order chi connectivity index (χ0) is 20.1. The maximum absolute atomic E-state index is 13.7. The first-order chi connectivity index (χ1) is 13.5. The summed E-state index contributed by atoms with van der Waals surface area (Å²) in [7, 11) is 3.03. The summed E-state index contributed by atoms with van der Waals surface area (Å²) in [6.07, 6.45) is 0. The SMILES string of the molecule is COC(=O)c1cccc(N(C)C(=O)C(Br)(c2ccccc2)c2ccccc2)c1. The first-order valence-corrected chi connectivity index (χ1v) is 9.54. The van der Waals surface area contributed by atoms with Crippen molar-refractivity contribution in [1.82, 2.24) is 0 Å². The van der Waals surface area contributed by atoms with Crippen LogP contribution in [0.2, 0.25) is 0 Å². The predicted octanol–water partition coefficient (Wildman–Crippen LogP) is 4.77. The highest BCUT2D eigenvalue weighted by atomic mass is 79.9. The molecule has 28 heavy (non-hydrogen) atoms. The van der Waals surface area contributed by atoms with Crippen molar-refractivity contribution in [3.8, 4) is 0 Å².